The highest BCUT2D eigenvalue weighted by Gasteiger charge is 2.72. The number of allylic oxidation sites excluding steroid dienone is 3. The highest BCUT2D eigenvalue weighted by atomic mass is 16.4. The van der Waals surface area contributed by atoms with Crippen LogP contribution in [-0.2, 0) is 16.0 Å². The van der Waals surface area contributed by atoms with Gasteiger partial charge < -0.3 is 10.2 Å². The topological polar surface area (TPSA) is 74.6 Å². The predicted molar refractivity (Wildman–Crippen MR) is 176 cm³/mol. The molecule has 0 radical (unpaired) electrons. The van der Waals surface area contributed by atoms with Gasteiger partial charge in [-0.05, 0) is 134 Å². The van der Waals surface area contributed by atoms with Crippen LogP contribution in [0, 0.1) is 69.0 Å². The molecule has 0 spiro atoms. The highest BCUT2D eigenvalue weighted by molar-refractivity contribution is 5.77. The Morgan fingerprint density at radius 3 is 2.36 bits per heavy atom. The van der Waals surface area contributed by atoms with Gasteiger partial charge in [-0.15, -0.1) is 6.42 Å². The zero-order valence-corrected chi connectivity index (χ0v) is 27.5. The molecule has 5 aliphatic rings. The van der Waals surface area contributed by atoms with Crippen molar-refractivity contribution < 1.29 is 19.8 Å². The predicted octanol–water partition coefficient (Wildman–Crippen LogP) is 9.05. The molecule has 236 valence electrons. The normalized spacial score (nSPS) is 42.0. The Morgan fingerprint density at radius 1 is 0.977 bits per heavy atom. The summed E-state index contributed by atoms with van der Waals surface area (Å²) in [5.41, 5.74) is 3.81. The van der Waals surface area contributed by atoms with Crippen LogP contribution in [0.1, 0.15) is 110 Å². The summed E-state index contributed by atoms with van der Waals surface area (Å²) in [4.78, 5) is 24.4. The third-order valence-electron chi connectivity index (χ3n) is 14.6. The van der Waals surface area contributed by atoms with Gasteiger partial charge in [0.25, 0.3) is 0 Å². The van der Waals surface area contributed by atoms with E-state index in [1.807, 2.05) is 6.07 Å². The minimum atomic E-state index is -0.760. The monoisotopic (exact) mass is 596 g/mol. The molecule has 1 aromatic carbocycles. The molecular weight excluding hydrogens is 544 g/mol. The van der Waals surface area contributed by atoms with Gasteiger partial charge in [0.1, 0.15) is 0 Å². The minimum absolute atomic E-state index is 0.0520. The molecule has 4 heteroatoms. The second-order valence-corrected chi connectivity index (χ2v) is 16.4. The quantitative estimate of drug-likeness (QED) is 0.254. The van der Waals surface area contributed by atoms with Crippen molar-refractivity contribution in [2.24, 2.45) is 56.7 Å². The first-order chi connectivity index (χ1) is 20.7. The maximum atomic E-state index is 13.0. The Kier molecular flexibility index (Phi) is 7.35. The first kappa shape index (κ1) is 31.2. The van der Waals surface area contributed by atoms with Crippen LogP contribution in [0.3, 0.4) is 0 Å². The Labute approximate surface area is 264 Å². The summed E-state index contributed by atoms with van der Waals surface area (Å²) in [6, 6.07) is 8.40. The lowest BCUT2D eigenvalue weighted by Crippen LogP contribution is -2.66. The van der Waals surface area contributed by atoms with Gasteiger partial charge >= 0.3 is 11.9 Å². The molecule has 9 unspecified atom stereocenters. The van der Waals surface area contributed by atoms with Gasteiger partial charge in [0.05, 0.1) is 5.41 Å². The number of benzene rings is 1. The highest BCUT2D eigenvalue weighted by Crippen LogP contribution is 2.77. The number of carboxylic acid groups (broad SMARTS) is 2. The fourth-order valence-corrected chi connectivity index (χ4v) is 12.8. The Morgan fingerprint density at radius 2 is 1.70 bits per heavy atom. The lowest BCUT2D eigenvalue weighted by atomic mass is 9.32. The van der Waals surface area contributed by atoms with Crippen LogP contribution >= 0.6 is 0 Å². The van der Waals surface area contributed by atoms with Crippen molar-refractivity contribution in [1.29, 1.82) is 0 Å². The molecule has 0 amide bonds. The molecule has 44 heavy (non-hydrogen) atoms. The molecule has 5 aliphatic carbocycles. The summed E-state index contributed by atoms with van der Waals surface area (Å²) < 4.78 is 0. The number of hydrogen-bond donors (Lipinski definition) is 2. The number of aliphatic carboxylic acids is 2. The van der Waals surface area contributed by atoms with Gasteiger partial charge in [-0.25, -0.2) is 0 Å². The van der Waals surface area contributed by atoms with E-state index < -0.39 is 17.4 Å². The molecule has 4 fully saturated rings. The second-order valence-electron chi connectivity index (χ2n) is 16.4. The maximum absolute atomic E-state index is 13.0. The largest absolute Gasteiger partial charge is 0.481 e. The molecule has 9 atom stereocenters. The van der Waals surface area contributed by atoms with Crippen LogP contribution < -0.4 is 0 Å². The molecule has 2 N–H and O–H groups in total. The van der Waals surface area contributed by atoms with Gasteiger partial charge in [0.2, 0.25) is 0 Å². The second kappa shape index (κ2) is 10.4. The molecule has 4 saturated carbocycles. The van der Waals surface area contributed by atoms with Crippen LogP contribution in [0.5, 0.6) is 0 Å². The third-order valence-corrected chi connectivity index (χ3v) is 14.6. The number of fused-ring (bicyclic) bond motifs is 7. The summed E-state index contributed by atoms with van der Waals surface area (Å²) >= 11 is 0. The van der Waals surface area contributed by atoms with Gasteiger partial charge in [-0.1, -0.05) is 76.1 Å². The number of hydrogen-bond acceptors (Lipinski definition) is 2. The molecule has 0 aromatic heterocycles. The van der Waals surface area contributed by atoms with Crippen molar-refractivity contribution in [1.82, 2.24) is 0 Å². The fraction of sp³-hybridized carbons (Fsp3) is 0.650. The summed E-state index contributed by atoms with van der Waals surface area (Å²) in [5, 5.41) is 20.1. The first-order valence-electron chi connectivity index (χ1n) is 17.1. The zero-order valence-electron chi connectivity index (χ0n) is 27.5. The van der Waals surface area contributed by atoms with Crippen molar-refractivity contribution in [3.8, 4) is 12.3 Å². The molecule has 1 aromatic rings. The van der Waals surface area contributed by atoms with Gasteiger partial charge in [-0.2, -0.15) is 0 Å². The number of aryl methyl sites for hydroxylation is 1. The van der Waals surface area contributed by atoms with Crippen molar-refractivity contribution in [2.75, 3.05) is 0 Å². The Hall–Kier alpha value is -2.80. The van der Waals surface area contributed by atoms with E-state index in [9.17, 15) is 19.8 Å². The number of rotatable bonds is 6. The first-order valence-corrected chi connectivity index (χ1v) is 17.1. The van der Waals surface area contributed by atoms with E-state index in [4.69, 9.17) is 6.42 Å². The van der Waals surface area contributed by atoms with Crippen LogP contribution in [0.25, 0.3) is 5.57 Å². The SMILES string of the molecule is C#CC12CCC3(C(=O)O)CCC(C(=C)C)C3C1CCC1C3(C)CC=C(c4ccccc4CCC(=O)O)C(C)(C)C3CCC12C. The molecule has 4 nitrogen and oxygen atoms in total. The fourth-order valence-electron chi connectivity index (χ4n) is 12.8. The molecule has 0 bridgehead atoms. The lowest BCUT2D eigenvalue weighted by molar-refractivity contribution is -0.213. The van der Waals surface area contributed by atoms with E-state index in [0.29, 0.717) is 24.7 Å². The van der Waals surface area contributed by atoms with Crippen LogP contribution in [0.15, 0.2) is 42.5 Å². The van der Waals surface area contributed by atoms with E-state index in [2.05, 4.69) is 71.4 Å². The molecule has 0 saturated heterocycles. The van der Waals surface area contributed by atoms with Crippen LogP contribution in [0.2, 0.25) is 0 Å². The molecule has 0 aliphatic heterocycles. The Bertz CT molecular complexity index is 1460. The van der Waals surface area contributed by atoms with E-state index in [-0.39, 0.29) is 45.8 Å². The zero-order chi connectivity index (χ0) is 31.9. The van der Waals surface area contributed by atoms with Gasteiger partial charge in [0, 0.05) is 11.8 Å². The molecule has 0 heterocycles. The van der Waals surface area contributed by atoms with Gasteiger partial charge in [0.15, 0.2) is 0 Å². The number of carbonyl (C=O) groups is 2. The summed E-state index contributed by atoms with van der Waals surface area (Å²) in [6.45, 7) is 16.3. The van der Waals surface area contributed by atoms with Crippen molar-refractivity contribution in [3.63, 3.8) is 0 Å². The number of terminal acetylenes is 1. The molecule has 6 rings (SSSR count). The van der Waals surface area contributed by atoms with E-state index in [0.717, 1.165) is 62.5 Å². The van der Waals surface area contributed by atoms with Gasteiger partial charge in [-0.3, -0.25) is 9.59 Å². The van der Waals surface area contributed by atoms with E-state index >= 15 is 0 Å². The van der Waals surface area contributed by atoms with Crippen molar-refractivity contribution in [3.05, 3.63) is 53.6 Å². The summed E-state index contributed by atoms with van der Waals surface area (Å²) in [5.74, 6) is 3.58. The number of carboxylic acids is 2. The summed E-state index contributed by atoms with van der Waals surface area (Å²) in [7, 11) is 0. The van der Waals surface area contributed by atoms with Crippen molar-refractivity contribution >= 4 is 17.5 Å². The van der Waals surface area contributed by atoms with E-state index in [1.54, 1.807) is 0 Å². The summed E-state index contributed by atoms with van der Waals surface area (Å²) in [6.07, 6.45) is 18.3. The van der Waals surface area contributed by atoms with Crippen LogP contribution in [0.4, 0.5) is 0 Å². The maximum Gasteiger partial charge on any atom is 0.309 e. The van der Waals surface area contributed by atoms with Crippen LogP contribution in [-0.4, -0.2) is 22.2 Å². The molecular formula is C40H52O4. The average molecular weight is 597 g/mol. The standard InChI is InChI=1S/C40H52O4/c1-8-40-24-23-39(35(43)44)22-17-27(25(2)3)34(39)30(40)14-15-32-37(6)20-18-29(36(4,5)31(37)19-21-38(32,40)7)28-12-10-9-11-26(28)13-16-33(41)42/h1,9-12,18,27,30-32,34H,2,13-17,19-24H2,3-7H3,(H,41,42)(H,43,44). The minimum Gasteiger partial charge on any atom is -0.481 e. The third kappa shape index (κ3) is 4.03. The Balaban J connectivity index is 1.40. The van der Waals surface area contributed by atoms with Crippen molar-refractivity contribution in [2.45, 2.75) is 105 Å². The van der Waals surface area contributed by atoms with E-state index in [1.165, 1.54) is 11.1 Å². The lowest BCUT2D eigenvalue weighted by Gasteiger charge is -2.71. The smallest absolute Gasteiger partial charge is 0.309 e. The average Bonchev–Trinajstić information content (AvgIpc) is 3.38.